The SMILES string of the molecule is Cc1ccc(N(C)C(=O)[C@H]2[C@@H](C=O)[C@@H]3C=C[C@H]2O3)c([N+](=O)[O-])c1C=O. The van der Waals surface area contributed by atoms with Crippen LogP contribution < -0.4 is 4.90 Å². The number of hydrogen-bond acceptors (Lipinski definition) is 6. The van der Waals surface area contributed by atoms with Gasteiger partial charge in [-0.25, -0.2) is 0 Å². The number of rotatable bonds is 5. The number of nitro groups is 1. The minimum Gasteiger partial charge on any atom is -0.365 e. The molecule has 130 valence electrons. The van der Waals surface area contributed by atoms with Crippen LogP contribution in [0.1, 0.15) is 15.9 Å². The molecule has 4 atom stereocenters. The molecule has 0 radical (unpaired) electrons. The molecule has 2 heterocycles. The molecular weight excluding hydrogens is 328 g/mol. The number of anilines is 1. The highest BCUT2D eigenvalue weighted by molar-refractivity contribution is 6.01. The maximum Gasteiger partial charge on any atom is 0.303 e. The van der Waals surface area contributed by atoms with Crippen LogP contribution in [-0.4, -0.2) is 42.7 Å². The zero-order valence-electron chi connectivity index (χ0n) is 13.6. The lowest BCUT2D eigenvalue weighted by Gasteiger charge is -2.26. The Labute approximate surface area is 143 Å². The fourth-order valence-corrected chi connectivity index (χ4v) is 3.46. The van der Waals surface area contributed by atoms with Crippen LogP contribution in [0, 0.1) is 28.9 Å². The summed E-state index contributed by atoms with van der Waals surface area (Å²) in [5.74, 6) is -1.82. The van der Waals surface area contributed by atoms with E-state index in [1.165, 1.54) is 13.1 Å². The van der Waals surface area contributed by atoms with Crippen LogP contribution in [0.4, 0.5) is 11.4 Å². The van der Waals surface area contributed by atoms with Crippen molar-refractivity contribution in [1.82, 2.24) is 0 Å². The van der Waals surface area contributed by atoms with Crippen molar-refractivity contribution >= 4 is 29.9 Å². The zero-order valence-corrected chi connectivity index (χ0v) is 13.6. The van der Waals surface area contributed by atoms with E-state index < -0.39 is 40.6 Å². The molecule has 0 aromatic heterocycles. The molecule has 0 saturated carbocycles. The van der Waals surface area contributed by atoms with Gasteiger partial charge in [0.15, 0.2) is 6.29 Å². The Morgan fingerprint density at radius 1 is 1.28 bits per heavy atom. The third kappa shape index (κ3) is 2.54. The van der Waals surface area contributed by atoms with E-state index in [-0.39, 0.29) is 11.3 Å². The number of aryl methyl sites for hydroxylation is 1. The van der Waals surface area contributed by atoms with E-state index in [9.17, 15) is 24.5 Å². The highest BCUT2D eigenvalue weighted by Crippen LogP contribution is 2.41. The van der Waals surface area contributed by atoms with E-state index in [0.717, 1.165) is 4.90 Å². The van der Waals surface area contributed by atoms with E-state index in [1.54, 1.807) is 25.1 Å². The number of hydrogen-bond donors (Lipinski definition) is 0. The summed E-state index contributed by atoms with van der Waals surface area (Å²) in [7, 11) is 1.39. The van der Waals surface area contributed by atoms with Crippen molar-refractivity contribution in [2.45, 2.75) is 19.1 Å². The van der Waals surface area contributed by atoms with Crippen LogP contribution in [0.5, 0.6) is 0 Å². The van der Waals surface area contributed by atoms with Crippen molar-refractivity contribution < 1.29 is 24.0 Å². The smallest absolute Gasteiger partial charge is 0.303 e. The first-order valence-corrected chi connectivity index (χ1v) is 7.70. The molecule has 1 aromatic rings. The lowest BCUT2D eigenvalue weighted by Crippen LogP contribution is -2.41. The highest BCUT2D eigenvalue weighted by Gasteiger charge is 2.50. The number of fused-ring (bicyclic) bond motifs is 2. The predicted molar refractivity (Wildman–Crippen MR) is 87.5 cm³/mol. The minimum absolute atomic E-state index is 0.0131. The summed E-state index contributed by atoms with van der Waals surface area (Å²) in [6.07, 6.45) is 3.60. The summed E-state index contributed by atoms with van der Waals surface area (Å²) in [4.78, 5) is 47.5. The van der Waals surface area contributed by atoms with Crippen LogP contribution in [-0.2, 0) is 14.3 Å². The van der Waals surface area contributed by atoms with Gasteiger partial charge < -0.3 is 14.4 Å². The van der Waals surface area contributed by atoms with E-state index in [1.807, 2.05) is 0 Å². The molecule has 1 fully saturated rings. The quantitative estimate of drug-likeness (QED) is 0.346. The Morgan fingerprint density at radius 3 is 2.56 bits per heavy atom. The minimum atomic E-state index is -0.738. The number of carbonyl (C=O) groups is 3. The standard InChI is InChI=1S/C17H16N2O6/c1-9-3-4-12(16(19(23)24)10(9)7-20)18(2)17(22)15-11(8-21)13-5-6-14(15)25-13/h3-8,11,13-15H,1-2H3/t11-,13-,14+,15-/m0/s1. The molecular formula is C17H16N2O6. The van der Waals surface area contributed by atoms with Crippen molar-refractivity contribution in [3.63, 3.8) is 0 Å². The van der Waals surface area contributed by atoms with Crippen molar-refractivity contribution in [3.8, 4) is 0 Å². The molecule has 0 unspecified atom stereocenters. The van der Waals surface area contributed by atoms with Crippen molar-refractivity contribution in [1.29, 1.82) is 0 Å². The first-order valence-electron chi connectivity index (χ1n) is 7.70. The van der Waals surface area contributed by atoms with Crippen LogP contribution in [0.3, 0.4) is 0 Å². The number of amides is 1. The van der Waals surface area contributed by atoms with Gasteiger partial charge in [0.1, 0.15) is 12.0 Å². The number of nitrogens with zero attached hydrogens (tertiary/aromatic N) is 2. The molecule has 25 heavy (non-hydrogen) atoms. The van der Waals surface area contributed by atoms with Gasteiger partial charge in [-0.2, -0.15) is 0 Å². The van der Waals surface area contributed by atoms with Crippen molar-refractivity contribution in [2.24, 2.45) is 11.8 Å². The molecule has 0 spiro atoms. The highest BCUT2D eigenvalue weighted by atomic mass is 16.6. The number of aldehydes is 2. The van der Waals surface area contributed by atoms with E-state index in [2.05, 4.69) is 0 Å². The average molecular weight is 344 g/mol. The first-order chi connectivity index (χ1) is 11.9. The molecule has 0 aliphatic carbocycles. The van der Waals surface area contributed by atoms with Gasteiger partial charge >= 0.3 is 5.69 Å². The Morgan fingerprint density at radius 2 is 1.96 bits per heavy atom. The molecule has 2 aliphatic rings. The van der Waals surface area contributed by atoms with Crippen molar-refractivity contribution in [3.05, 3.63) is 45.5 Å². The Hall–Kier alpha value is -2.87. The van der Waals surface area contributed by atoms with E-state index in [4.69, 9.17) is 4.74 Å². The molecule has 1 saturated heterocycles. The molecule has 8 nitrogen and oxygen atoms in total. The van der Waals surface area contributed by atoms with Crippen LogP contribution >= 0.6 is 0 Å². The van der Waals surface area contributed by atoms with Crippen LogP contribution in [0.25, 0.3) is 0 Å². The molecule has 3 rings (SSSR count). The second kappa shape index (κ2) is 6.21. The second-order valence-corrected chi connectivity index (χ2v) is 6.13. The number of nitro benzene ring substituents is 1. The lowest BCUT2D eigenvalue weighted by atomic mass is 9.83. The maximum atomic E-state index is 12.9. The predicted octanol–water partition coefficient (Wildman–Crippen LogP) is 1.45. The van der Waals surface area contributed by atoms with Gasteiger partial charge in [-0.05, 0) is 18.6 Å². The van der Waals surface area contributed by atoms with Gasteiger partial charge in [-0.15, -0.1) is 0 Å². The second-order valence-electron chi connectivity index (χ2n) is 6.13. The van der Waals surface area contributed by atoms with E-state index >= 15 is 0 Å². The van der Waals surface area contributed by atoms with Crippen LogP contribution in [0.15, 0.2) is 24.3 Å². The zero-order chi connectivity index (χ0) is 18.3. The lowest BCUT2D eigenvalue weighted by molar-refractivity contribution is -0.384. The molecule has 2 aliphatic heterocycles. The fraction of sp³-hybridized carbons (Fsp3) is 0.353. The average Bonchev–Trinajstić information content (AvgIpc) is 3.20. The monoisotopic (exact) mass is 344 g/mol. The van der Waals surface area contributed by atoms with Gasteiger partial charge in [-0.1, -0.05) is 18.2 Å². The summed E-state index contributed by atoms with van der Waals surface area (Å²) in [5, 5.41) is 11.5. The molecule has 2 bridgehead atoms. The Kier molecular flexibility index (Phi) is 4.22. The molecule has 1 amide bonds. The maximum absolute atomic E-state index is 12.9. The van der Waals surface area contributed by atoms with Gasteiger partial charge in [0.05, 0.1) is 34.5 Å². The van der Waals surface area contributed by atoms with Crippen molar-refractivity contribution in [2.75, 3.05) is 11.9 Å². The third-order valence-electron chi connectivity index (χ3n) is 4.80. The molecule has 0 N–H and O–H groups in total. The summed E-state index contributed by atoms with van der Waals surface area (Å²) in [5.41, 5.74) is -0.0337. The largest absolute Gasteiger partial charge is 0.365 e. The third-order valence-corrected chi connectivity index (χ3v) is 4.80. The van der Waals surface area contributed by atoms with Crippen LogP contribution in [0.2, 0.25) is 0 Å². The van der Waals surface area contributed by atoms with E-state index in [0.29, 0.717) is 18.1 Å². The summed E-state index contributed by atoms with van der Waals surface area (Å²) < 4.78 is 5.56. The molecule has 8 heteroatoms. The number of carbonyl (C=O) groups excluding carboxylic acids is 3. The van der Waals surface area contributed by atoms with Gasteiger partial charge in [-0.3, -0.25) is 19.7 Å². The van der Waals surface area contributed by atoms with Gasteiger partial charge in [0.2, 0.25) is 5.91 Å². The van der Waals surface area contributed by atoms with Gasteiger partial charge in [0, 0.05) is 7.05 Å². The molecule has 1 aromatic carbocycles. The normalized spacial score (nSPS) is 26.5. The first kappa shape index (κ1) is 17.0. The van der Waals surface area contributed by atoms with Gasteiger partial charge in [0.25, 0.3) is 0 Å². The summed E-state index contributed by atoms with van der Waals surface area (Å²) in [6.45, 7) is 1.58. The summed E-state index contributed by atoms with van der Waals surface area (Å²) >= 11 is 0. The Balaban J connectivity index is 2.01. The summed E-state index contributed by atoms with van der Waals surface area (Å²) in [6, 6.07) is 2.97. The fourth-order valence-electron chi connectivity index (χ4n) is 3.46. The topological polar surface area (TPSA) is 107 Å². The Bertz CT molecular complexity index is 803. The number of ether oxygens (including phenoxy) is 1. The number of benzene rings is 1.